The Labute approximate surface area is 116 Å². The third-order valence-corrected chi connectivity index (χ3v) is 3.68. The molecule has 3 heterocycles. The summed E-state index contributed by atoms with van der Waals surface area (Å²) in [5.41, 5.74) is 7.95. The van der Waals surface area contributed by atoms with Crippen LogP contribution in [-0.4, -0.2) is 36.1 Å². The average molecular weight is 272 g/mol. The van der Waals surface area contributed by atoms with Crippen molar-refractivity contribution in [2.24, 2.45) is 11.7 Å². The van der Waals surface area contributed by atoms with Crippen molar-refractivity contribution in [1.29, 1.82) is 0 Å². The Balaban J connectivity index is 2.01. The van der Waals surface area contributed by atoms with Crippen LogP contribution in [0.15, 0.2) is 24.4 Å². The van der Waals surface area contributed by atoms with Gasteiger partial charge in [0.25, 0.3) is 0 Å². The number of amides is 1. The number of nitrogens with zero attached hydrogens (tertiary/aromatic N) is 3. The van der Waals surface area contributed by atoms with Gasteiger partial charge in [-0.25, -0.2) is 4.98 Å². The first kappa shape index (κ1) is 12.7. The van der Waals surface area contributed by atoms with Crippen LogP contribution in [0.4, 0.5) is 5.69 Å². The maximum atomic E-state index is 11.3. The summed E-state index contributed by atoms with van der Waals surface area (Å²) in [6.45, 7) is 1.43. The Hall–Kier alpha value is -2.37. The molecule has 0 aliphatic carbocycles. The third kappa shape index (κ3) is 2.13. The molecule has 0 unspecified atom stereocenters. The summed E-state index contributed by atoms with van der Waals surface area (Å²) in [7, 11) is 1.59. The summed E-state index contributed by atoms with van der Waals surface area (Å²) in [4.78, 5) is 22.2. The number of hydrogen-bond donors (Lipinski definition) is 1. The van der Waals surface area contributed by atoms with Crippen molar-refractivity contribution < 1.29 is 9.53 Å². The van der Waals surface area contributed by atoms with E-state index in [0.717, 1.165) is 29.7 Å². The maximum Gasteiger partial charge on any atom is 0.222 e. The number of nitrogens with two attached hydrogens (primary N) is 1. The first-order chi connectivity index (χ1) is 9.69. The quantitative estimate of drug-likeness (QED) is 0.899. The van der Waals surface area contributed by atoms with Crippen LogP contribution in [0.1, 0.15) is 6.42 Å². The van der Waals surface area contributed by atoms with Crippen molar-refractivity contribution in [3.05, 3.63) is 24.4 Å². The molecule has 0 saturated carbocycles. The molecule has 1 fully saturated rings. The Kier molecular flexibility index (Phi) is 3.14. The second-order valence-corrected chi connectivity index (χ2v) is 4.89. The molecular formula is C14H16N4O2. The minimum atomic E-state index is -0.239. The standard InChI is InChI=1S/C14H16N4O2/c1-20-12-3-2-10-13(17-12)11(4-6-16-10)18-7-5-9(8-18)14(15)19/h2-4,6,9H,5,7-8H2,1H3,(H2,15,19)/t9-/m0/s1. The summed E-state index contributed by atoms with van der Waals surface area (Å²) in [6, 6.07) is 5.58. The monoisotopic (exact) mass is 272 g/mol. The number of anilines is 1. The van der Waals surface area contributed by atoms with E-state index in [1.807, 2.05) is 12.1 Å². The van der Waals surface area contributed by atoms with E-state index in [1.54, 1.807) is 19.4 Å². The van der Waals surface area contributed by atoms with Crippen LogP contribution in [0, 0.1) is 5.92 Å². The molecule has 1 atom stereocenters. The van der Waals surface area contributed by atoms with Gasteiger partial charge in [-0.1, -0.05) is 0 Å². The number of rotatable bonds is 3. The molecule has 1 saturated heterocycles. The molecule has 1 amide bonds. The van der Waals surface area contributed by atoms with Gasteiger partial charge in [0, 0.05) is 25.4 Å². The van der Waals surface area contributed by atoms with Crippen molar-refractivity contribution in [2.45, 2.75) is 6.42 Å². The van der Waals surface area contributed by atoms with Gasteiger partial charge >= 0.3 is 0 Å². The number of hydrogen-bond acceptors (Lipinski definition) is 5. The van der Waals surface area contributed by atoms with Crippen LogP contribution in [0.2, 0.25) is 0 Å². The van der Waals surface area contributed by atoms with Gasteiger partial charge in [0.15, 0.2) is 0 Å². The van der Waals surface area contributed by atoms with Crippen molar-refractivity contribution in [2.75, 3.05) is 25.1 Å². The number of carbonyl (C=O) groups is 1. The van der Waals surface area contributed by atoms with Gasteiger partial charge in [0.2, 0.25) is 11.8 Å². The molecule has 2 aromatic rings. The predicted molar refractivity (Wildman–Crippen MR) is 75.6 cm³/mol. The molecule has 20 heavy (non-hydrogen) atoms. The summed E-state index contributed by atoms with van der Waals surface area (Å²) >= 11 is 0. The highest BCUT2D eigenvalue weighted by atomic mass is 16.5. The Morgan fingerprint density at radius 1 is 1.45 bits per heavy atom. The zero-order chi connectivity index (χ0) is 14.1. The molecule has 0 radical (unpaired) electrons. The number of carbonyl (C=O) groups excluding carboxylic acids is 1. The maximum absolute atomic E-state index is 11.3. The molecule has 0 spiro atoms. The molecule has 6 heteroatoms. The van der Waals surface area contributed by atoms with E-state index in [-0.39, 0.29) is 11.8 Å². The predicted octanol–water partition coefficient (Wildman–Crippen LogP) is 0.950. The van der Waals surface area contributed by atoms with Crippen LogP contribution < -0.4 is 15.4 Å². The largest absolute Gasteiger partial charge is 0.481 e. The summed E-state index contributed by atoms with van der Waals surface area (Å²) in [6.07, 6.45) is 2.53. The van der Waals surface area contributed by atoms with Gasteiger partial charge in [-0.2, -0.15) is 0 Å². The molecule has 6 nitrogen and oxygen atoms in total. The minimum Gasteiger partial charge on any atom is -0.481 e. The van der Waals surface area contributed by atoms with Gasteiger partial charge in [-0.05, 0) is 18.6 Å². The summed E-state index contributed by atoms with van der Waals surface area (Å²) in [5, 5.41) is 0. The van der Waals surface area contributed by atoms with Crippen molar-refractivity contribution in [3.8, 4) is 5.88 Å². The second kappa shape index (κ2) is 4.96. The Morgan fingerprint density at radius 2 is 2.30 bits per heavy atom. The number of aromatic nitrogens is 2. The molecule has 1 aliphatic rings. The zero-order valence-corrected chi connectivity index (χ0v) is 11.2. The number of ether oxygens (including phenoxy) is 1. The lowest BCUT2D eigenvalue weighted by molar-refractivity contribution is -0.121. The molecule has 0 aromatic carbocycles. The molecular weight excluding hydrogens is 256 g/mol. The SMILES string of the molecule is COc1ccc2nccc(N3CC[C@H](C(N)=O)C3)c2n1. The van der Waals surface area contributed by atoms with Crippen molar-refractivity contribution in [1.82, 2.24) is 9.97 Å². The van der Waals surface area contributed by atoms with Crippen LogP contribution in [-0.2, 0) is 4.79 Å². The van der Waals surface area contributed by atoms with Crippen molar-refractivity contribution >= 4 is 22.6 Å². The number of primary amides is 1. The van der Waals surface area contributed by atoms with Gasteiger partial charge in [0.1, 0.15) is 5.52 Å². The van der Waals surface area contributed by atoms with E-state index in [4.69, 9.17) is 10.5 Å². The number of pyridine rings is 2. The van der Waals surface area contributed by atoms with E-state index in [1.165, 1.54) is 0 Å². The fourth-order valence-corrected chi connectivity index (χ4v) is 2.57. The van der Waals surface area contributed by atoms with Crippen LogP contribution in [0.5, 0.6) is 5.88 Å². The molecule has 104 valence electrons. The Morgan fingerprint density at radius 3 is 3.00 bits per heavy atom. The van der Waals surface area contributed by atoms with E-state index in [0.29, 0.717) is 12.4 Å². The van der Waals surface area contributed by atoms with Gasteiger partial charge in [-0.3, -0.25) is 9.78 Å². The topological polar surface area (TPSA) is 81.3 Å². The smallest absolute Gasteiger partial charge is 0.222 e. The minimum absolute atomic E-state index is 0.0937. The normalized spacial score (nSPS) is 18.4. The lowest BCUT2D eigenvalue weighted by Gasteiger charge is -2.19. The van der Waals surface area contributed by atoms with Gasteiger partial charge in [-0.15, -0.1) is 0 Å². The fourth-order valence-electron chi connectivity index (χ4n) is 2.57. The summed E-state index contributed by atoms with van der Waals surface area (Å²) in [5.74, 6) is 0.220. The first-order valence-corrected chi connectivity index (χ1v) is 6.53. The summed E-state index contributed by atoms with van der Waals surface area (Å²) < 4.78 is 5.17. The second-order valence-electron chi connectivity index (χ2n) is 4.89. The van der Waals surface area contributed by atoms with Crippen LogP contribution in [0.25, 0.3) is 11.0 Å². The van der Waals surface area contributed by atoms with E-state index in [9.17, 15) is 4.79 Å². The van der Waals surface area contributed by atoms with E-state index in [2.05, 4.69) is 14.9 Å². The highest BCUT2D eigenvalue weighted by Gasteiger charge is 2.28. The Bertz CT molecular complexity index is 659. The lowest BCUT2D eigenvalue weighted by Crippen LogP contribution is -2.27. The molecule has 2 N–H and O–H groups in total. The molecule has 2 aromatic heterocycles. The van der Waals surface area contributed by atoms with Crippen LogP contribution >= 0.6 is 0 Å². The number of fused-ring (bicyclic) bond motifs is 1. The van der Waals surface area contributed by atoms with Crippen LogP contribution in [0.3, 0.4) is 0 Å². The van der Waals surface area contributed by atoms with Gasteiger partial charge < -0.3 is 15.4 Å². The van der Waals surface area contributed by atoms with E-state index >= 15 is 0 Å². The first-order valence-electron chi connectivity index (χ1n) is 6.53. The highest BCUT2D eigenvalue weighted by Crippen LogP contribution is 2.29. The molecule has 3 rings (SSSR count). The number of methoxy groups -OCH3 is 1. The highest BCUT2D eigenvalue weighted by molar-refractivity contribution is 5.89. The van der Waals surface area contributed by atoms with E-state index < -0.39 is 0 Å². The molecule has 1 aliphatic heterocycles. The fraction of sp³-hybridized carbons (Fsp3) is 0.357. The average Bonchev–Trinajstić information content (AvgIpc) is 2.96. The van der Waals surface area contributed by atoms with Gasteiger partial charge in [0.05, 0.1) is 24.2 Å². The zero-order valence-electron chi connectivity index (χ0n) is 11.2. The lowest BCUT2D eigenvalue weighted by atomic mass is 10.1. The molecule has 0 bridgehead atoms. The third-order valence-electron chi connectivity index (χ3n) is 3.68. The van der Waals surface area contributed by atoms with Crippen molar-refractivity contribution in [3.63, 3.8) is 0 Å².